The minimum atomic E-state index is -0.448. The zero-order valence-corrected chi connectivity index (χ0v) is 28.0. The van der Waals surface area contributed by atoms with E-state index in [0.29, 0.717) is 29.1 Å². The van der Waals surface area contributed by atoms with Gasteiger partial charge in [-0.2, -0.15) is 0 Å². The van der Waals surface area contributed by atoms with Gasteiger partial charge < -0.3 is 29.9 Å². The van der Waals surface area contributed by atoms with Gasteiger partial charge in [0.05, 0.1) is 31.2 Å². The Morgan fingerprint density at radius 1 is 0.955 bits per heavy atom. The van der Waals surface area contributed by atoms with Crippen LogP contribution in [-0.4, -0.2) is 67.7 Å². The van der Waals surface area contributed by atoms with E-state index in [9.17, 15) is 4.79 Å². The number of ether oxygens (including phenoxy) is 2. The van der Waals surface area contributed by atoms with Crippen LogP contribution in [-0.2, 0) is 4.79 Å². The van der Waals surface area contributed by atoms with Crippen molar-refractivity contribution < 1.29 is 14.3 Å². The molecule has 1 aliphatic heterocycles. The van der Waals surface area contributed by atoms with Gasteiger partial charge >= 0.3 is 0 Å². The molecule has 2 heterocycles. The lowest BCUT2D eigenvalue weighted by Crippen LogP contribution is -2.46. The van der Waals surface area contributed by atoms with Crippen molar-refractivity contribution in [1.29, 1.82) is 0 Å². The molecule has 1 aromatic heterocycles. The standard InChI is InChI=1S/C32H39Cl3N6O3/c1-6-8-9-10-23(32(42)39-28-24(33)29(43-4)26(35)30(44-5)25(28)34)27-20(3)31(37-19-36-27)38-21-11-13-22(14-12-21)41-17-15-40(7-2)16-18-41/h10-14,19H,6-9,15-18H2,1-5H3,(H,39,42)(H,36,37,38)/b23-10+. The van der Waals surface area contributed by atoms with E-state index in [-0.39, 0.29) is 32.3 Å². The van der Waals surface area contributed by atoms with E-state index in [1.165, 1.54) is 26.2 Å². The number of anilines is 4. The number of hydrogen-bond acceptors (Lipinski definition) is 8. The monoisotopic (exact) mass is 660 g/mol. The maximum Gasteiger partial charge on any atom is 0.257 e. The zero-order valence-electron chi connectivity index (χ0n) is 25.8. The quantitative estimate of drug-likeness (QED) is 0.150. The number of carbonyl (C=O) groups excluding carboxylic acids is 1. The summed E-state index contributed by atoms with van der Waals surface area (Å²) >= 11 is 19.5. The number of methoxy groups -OCH3 is 2. The average Bonchev–Trinajstić information content (AvgIpc) is 3.03. The highest BCUT2D eigenvalue weighted by atomic mass is 35.5. The van der Waals surface area contributed by atoms with Gasteiger partial charge in [0.25, 0.3) is 5.91 Å². The molecule has 236 valence electrons. The number of aromatic nitrogens is 2. The maximum absolute atomic E-state index is 13.8. The van der Waals surface area contributed by atoms with Crippen LogP contribution in [0.15, 0.2) is 36.7 Å². The van der Waals surface area contributed by atoms with Gasteiger partial charge in [0.15, 0.2) is 11.5 Å². The third kappa shape index (κ3) is 7.51. The van der Waals surface area contributed by atoms with Crippen molar-refractivity contribution in [2.75, 3.05) is 62.5 Å². The lowest BCUT2D eigenvalue weighted by Gasteiger charge is -2.35. The fraction of sp³-hybridized carbons (Fsp3) is 0.406. The second kappa shape index (κ2) is 15.7. The number of unbranched alkanes of at least 4 members (excludes halogenated alkanes) is 2. The summed E-state index contributed by atoms with van der Waals surface area (Å²) in [5.41, 5.74) is 3.77. The number of rotatable bonds is 12. The van der Waals surface area contributed by atoms with Crippen LogP contribution in [0.1, 0.15) is 44.4 Å². The topological polar surface area (TPSA) is 91.8 Å². The van der Waals surface area contributed by atoms with E-state index >= 15 is 0 Å². The molecule has 0 unspecified atom stereocenters. The minimum Gasteiger partial charge on any atom is -0.493 e. The van der Waals surface area contributed by atoms with Crippen LogP contribution in [0.5, 0.6) is 11.5 Å². The highest BCUT2D eigenvalue weighted by Crippen LogP contribution is 2.50. The van der Waals surface area contributed by atoms with Gasteiger partial charge in [-0.05, 0) is 44.2 Å². The summed E-state index contributed by atoms with van der Waals surface area (Å²) < 4.78 is 10.7. The lowest BCUT2D eigenvalue weighted by molar-refractivity contribution is -0.111. The number of benzene rings is 2. The summed E-state index contributed by atoms with van der Waals surface area (Å²) in [6, 6.07) is 8.32. The number of piperazine rings is 1. The van der Waals surface area contributed by atoms with E-state index in [2.05, 4.69) is 56.4 Å². The van der Waals surface area contributed by atoms with Crippen LogP contribution < -0.4 is 25.0 Å². The second-order valence-corrected chi connectivity index (χ2v) is 11.5. The van der Waals surface area contributed by atoms with Gasteiger partial charge in [-0.25, -0.2) is 9.97 Å². The van der Waals surface area contributed by atoms with E-state index < -0.39 is 5.91 Å². The van der Waals surface area contributed by atoms with Gasteiger partial charge in [0.2, 0.25) is 0 Å². The summed E-state index contributed by atoms with van der Waals surface area (Å²) in [5, 5.41) is 6.46. The van der Waals surface area contributed by atoms with E-state index in [1.807, 2.05) is 25.1 Å². The molecular formula is C32H39Cl3N6O3. The third-order valence-electron chi connectivity index (χ3n) is 7.69. The molecule has 1 saturated heterocycles. The first kappa shape index (κ1) is 33.6. The van der Waals surface area contributed by atoms with Crippen molar-refractivity contribution in [1.82, 2.24) is 14.9 Å². The normalized spacial score (nSPS) is 14.0. The van der Waals surface area contributed by atoms with Gasteiger partial charge in [0.1, 0.15) is 27.2 Å². The number of halogens is 3. The summed E-state index contributed by atoms with van der Waals surface area (Å²) in [4.78, 5) is 27.7. The molecule has 0 atom stereocenters. The molecule has 0 spiro atoms. The highest BCUT2D eigenvalue weighted by molar-refractivity contribution is 6.46. The van der Waals surface area contributed by atoms with Crippen molar-refractivity contribution in [3.05, 3.63) is 63.0 Å². The van der Waals surface area contributed by atoms with E-state index in [0.717, 1.165) is 51.3 Å². The van der Waals surface area contributed by atoms with Crippen LogP contribution in [0, 0.1) is 6.92 Å². The first-order chi connectivity index (χ1) is 21.2. The molecule has 2 aromatic carbocycles. The number of likely N-dealkylation sites (N-methyl/N-ethyl adjacent to an activating group) is 1. The lowest BCUT2D eigenvalue weighted by atomic mass is 10.0. The molecule has 9 nitrogen and oxygen atoms in total. The summed E-state index contributed by atoms with van der Waals surface area (Å²) in [5.74, 6) is 0.427. The molecule has 2 N–H and O–H groups in total. The Hall–Kier alpha value is -3.24. The molecule has 0 aliphatic carbocycles. The third-order valence-corrected chi connectivity index (χ3v) is 8.75. The number of hydrogen-bond donors (Lipinski definition) is 2. The molecule has 0 saturated carbocycles. The Morgan fingerprint density at radius 2 is 1.59 bits per heavy atom. The van der Waals surface area contributed by atoms with Crippen LogP contribution in [0.4, 0.5) is 22.9 Å². The molecular weight excluding hydrogens is 623 g/mol. The number of nitrogens with zero attached hydrogens (tertiary/aromatic N) is 4. The SMILES string of the molecule is CCCC/C=C(/C(=O)Nc1c(Cl)c(OC)c(Cl)c(OC)c1Cl)c1ncnc(Nc2ccc(N3CCN(CC)CC3)cc2)c1C. The predicted octanol–water partition coefficient (Wildman–Crippen LogP) is 7.86. The van der Waals surface area contributed by atoms with Gasteiger partial charge in [-0.15, -0.1) is 0 Å². The van der Waals surface area contributed by atoms with Crippen LogP contribution in [0.3, 0.4) is 0 Å². The van der Waals surface area contributed by atoms with E-state index in [4.69, 9.17) is 44.3 Å². The fourth-order valence-electron chi connectivity index (χ4n) is 5.08. The largest absolute Gasteiger partial charge is 0.493 e. The van der Waals surface area contributed by atoms with E-state index in [1.54, 1.807) is 0 Å². The number of amides is 1. The first-order valence-electron chi connectivity index (χ1n) is 14.7. The second-order valence-electron chi connectivity index (χ2n) is 10.4. The summed E-state index contributed by atoms with van der Waals surface area (Å²) in [6.07, 6.45) is 5.86. The molecule has 0 radical (unpaired) electrons. The molecule has 0 bridgehead atoms. The summed E-state index contributed by atoms with van der Waals surface area (Å²) in [7, 11) is 2.84. The molecule has 4 rings (SSSR count). The fourth-order valence-corrected chi connectivity index (χ4v) is 6.19. The van der Waals surface area contributed by atoms with Crippen LogP contribution >= 0.6 is 34.8 Å². The van der Waals surface area contributed by atoms with Gasteiger partial charge in [-0.3, -0.25) is 4.79 Å². The molecule has 44 heavy (non-hydrogen) atoms. The highest BCUT2D eigenvalue weighted by Gasteiger charge is 2.26. The van der Waals surface area contributed by atoms with Crippen molar-refractivity contribution in [3.63, 3.8) is 0 Å². The van der Waals surface area contributed by atoms with Crippen LogP contribution in [0.2, 0.25) is 15.1 Å². The van der Waals surface area contributed by atoms with Crippen LogP contribution in [0.25, 0.3) is 5.57 Å². The number of allylic oxidation sites excluding steroid dienone is 1. The Bertz CT molecular complexity index is 1460. The smallest absolute Gasteiger partial charge is 0.257 e. The number of nitrogens with one attached hydrogen (secondary N) is 2. The number of carbonyl (C=O) groups is 1. The average molecular weight is 662 g/mol. The van der Waals surface area contributed by atoms with Crippen molar-refractivity contribution >= 4 is 69.2 Å². The molecule has 12 heteroatoms. The van der Waals surface area contributed by atoms with Crippen molar-refractivity contribution in [2.45, 2.75) is 40.0 Å². The Morgan fingerprint density at radius 3 is 2.16 bits per heavy atom. The zero-order chi connectivity index (χ0) is 31.8. The molecule has 1 fully saturated rings. The van der Waals surface area contributed by atoms with Gasteiger partial charge in [-0.1, -0.05) is 67.6 Å². The predicted molar refractivity (Wildman–Crippen MR) is 182 cm³/mol. The maximum atomic E-state index is 13.8. The Labute approximate surface area is 274 Å². The first-order valence-corrected chi connectivity index (χ1v) is 15.8. The minimum absolute atomic E-state index is 0.0574. The van der Waals surface area contributed by atoms with Crippen molar-refractivity contribution in [3.8, 4) is 11.5 Å². The Balaban J connectivity index is 1.60. The Kier molecular flexibility index (Phi) is 12.0. The van der Waals surface area contributed by atoms with Crippen molar-refractivity contribution in [2.24, 2.45) is 0 Å². The molecule has 3 aromatic rings. The molecule has 1 amide bonds. The van der Waals surface area contributed by atoms with Gasteiger partial charge in [0, 0.05) is 43.1 Å². The molecule has 1 aliphatic rings. The summed E-state index contributed by atoms with van der Waals surface area (Å²) in [6.45, 7) is 11.4.